The molecule has 1 aliphatic rings. The van der Waals surface area contributed by atoms with Gasteiger partial charge in [-0.3, -0.25) is 14.8 Å². The molecule has 0 spiro atoms. The van der Waals surface area contributed by atoms with Gasteiger partial charge in [-0.05, 0) is 33.0 Å². The molecular weight excluding hydrogens is 224 g/mol. The van der Waals surface area contributed by atoms with Gasteiger partial charge in [-0.1, -0.05) is 6.07 Å². The zero-order chi connectivity index (χ0) is 13.1. The average molecular weight is 248 g/mol. The number of hydrogen-bond acceptors (Lipinski definition) is 4. The molecule has 3 unspecified atom stereocenters. The zero-order valence-electron chi connectivity index (χ0n) is 11.6. The van der Waals surface area contributed by atoms with Crippen molar-refractivity contribution in [2.45, 2.75) is 32.0 Å². The van der Waals surface area contributed by atoms with E-state index in [0.29, 0.717) is 18.6 Å². The van der Waals surface area contributed by atoms with Crippen molar-refractivity contribution in [3.05, 3.63) is 30.1 Å². The van der Waals surface area contributed by atoms with Crippen molar-refractivity contribution in [2.24, 2.45) is 5.73 Å². The lowest BCUT2D eigenvalue weighted by molar-refractivity contribution is 0.0341. The molecule has 18 heavy (non-hydrogen) atoms. The van der Waals surface area contributed by atoms with E-state index < -0.39 is 0 Å². The number of piperazine rings is 1. The molecule has 4 heteroatoms. The van der Waals surface area contributed by atoms with Gasteiger partial charge in [0.05, 0.1) is 11.7 Å². The molecule has 2 rings (SSSR count). The molecule has 1 fully saturated rings. The molecule has 0 aromatic carbocycles. The smallest absolute Gasteiger partial charge is 0.0645 e. The highest BCUT2D eigenvalue weighted by Gasteiger charge is 2.31. The summed E-state index contributed by atoms with van der Waals surface area (Å²) in [5.41, 5.74) is 7.05. The molecule has 0 bridgehead atoms. The Morgan fingerprint density at radius 2 is 2.00 bits per heavy atom. The molecule has 1 aromatic heterocycles. The van der Waals surface area contributed by atoms with Gasteiger partial charge in [-0.25, -0.2) is 0 Å². The first kappa shape index (κ1) is 13.5. The van der Waals surface area contributed by atoms with Gasteiger partial charge in [0.25, 0.3) is 0 Å². The number of nitrogens with zero attached hydrogens (tertiary/aromatic N) is 3. The predicted octanol–water partition coefficient (Wildman–Crippen LogP) is 1.11. The van der Waals surface area contributed by atoms with E-state index >= 15 is 0 Å². The average Bonchev–Trinajstić information content (AvgIpc) is 2.38. The lowest BCUT2D eigenvalue weighted by Gasteiger charge is -2.45. The van der Waals surface area contributed by atoms with Crippen LogP contribution in [0.15, 0.2) is 24.4 Å². The fourth-order valence-corrected chi connectivity index (χ4v) is 2.73. The van der Waals surface area contributed by atoms with E-state index in [1.54, 1.807) is 0 Å². The minimum absolute atomic E-state index is 0.241. The summed E-state index contributed by atoms with van der Waals surface area (Å²) in [4.78, 5) is 9.36. The van der Waals surface area contributed by atoms with Crippen molar-refractivity contribution in [2.75, 3.05) is 26.7 Å². The fourth-order valence-electron chi connectivity index (χ4n) is 2.73. The van der Waals surface area contributed by atoms with Gasteiger partial charge < -0.3 is 5.73 Å². The van der Waals surface area contributed by atoms with Crippen LogP contribution in [0.25, 0.3) is 0 Å². The Labute approximate surface area is 110 Å². The Bertz CT molecular complexity index is 355. The summed E-state index contributed by atoms with van der Waals surface area (Å²) >= 11 is 0. The molecular formula is C14H24N4. The molecule has 3 atom stereocenters. The molecule has 100 valence electrons. The number of nitrogens with two attached hydrogens (primary N) is 1. The van der Waals surface area contributed by atoms with Crippen molar-refractivity contribution in [3.63, 3.8) is 0 Å². The van der Waals surface area contributed by atoms with Crippen molar-refractivity contribution in [1.29, 1.82) is 0 Å². The molecule has 4 nitrogen and oxygen atoms in total. The predicted molar refractivity (Wildman–Crippen MR) is 74.3 cm³/mol. The second-order valence-electron chi connectivity index (χ2n) is 5.32. The summed E-state index contributed by atoms with van der Waals surface area (Å²) in [6.07, 6.45) is 1.85. The molecule has 0 radical (unpaired) electrons. The lowest BCUT2D eigenvalue weighted by atomic mass is 10.0. The van der Waals surface area contributed by atoms with E-state index in [1.165, 1.54) is 0 Å². The van der Waals surface area contributed by atoms with Gasteiger partial charge in [0.15, 0.2) is 0 Å². The second-order valence-corrected chi connectivity index (χ2v) is 5.32. The van der Waals surface area contributed by atoms with Crippen LogP contribution in [-0.4, -0.2) is 53.5 Å². The summed E-state index contributed by atoms with van der Waals surface area (Å²) < 4.78 is 0. The molecule has 1 saturated heterocycles. The summed E-state index contributed by atoms with van der Waals surface area (Å²) in [7, 11) is 2.20. The van der Waals surface area contributed by atoms with E-state index in [9.17, 15) is 0 Å². The zero-order valence-corrected chi connectivity index (χ0v) is 11.6. The van der Waals surface area contributed by atoms with Crippen molar-refractivity contribution >= 4 is 0 Å². The second kappa shape index (κ2) is 5.78. The first-order chi connectivity index (χ1) is 8.63. The quantitative estimate of drug-likeness (QED) is 0.870. The summed E-state index contributed by atoms with van der Waals surface area (Å²) in [6.45, 7) is 7.28. The highest BCUT2D eigenvalue weighted by atomic mass is 15.3. The Morgan fingerprint density at radius 1 is 1.33 bits per heavy atom. The molecule has 1 aromatic rings. The van der Waals surface area contributed by atoms with Crippen LogP contribution in [0.2, 0.25) is 0 Å². The van der Waals surface area contributed by atoms with Crippen LogP contribution >= 0.6 is 0 Å². The maximum Gasteiger partial charge on any atom is 0.0645 e. The molecule has 0 saturated carbocycles. The van der Waals surface area contributed by atoms with Crippen LogP contribution in [0.4, 0.5) is 0 Å². The van der Waals surface area contributed by atoms with E-state index in [0.717, 1.165) is 18.8 Å². The third kappa shape index (κ3) is 2.71. The minimum atomic E-state index is 0.241. The van der Waals surface area contributed by atoms with Crippen molar-refractivity contribution < 1.29 is 0 Å². The molecule has 2 N–H and O–H groups in total. The van der Waals surface area contributed by atoms with Crippen molar-refractivity contribution in [1.82, 2.24) is 14.8 Å². The van der Waals surface area contributed by atoms with Gasteiger partial charge in [0.1, 0.15) is 0 Å². The Balaban J connectivity index is 2.14. The monoisotopic (exact) mass is 248 g/mol. The first-order valence-electron chi connectivity index (χ1n) is 6.70. The van der Waals surface area contributed by atoms with Gasteiger partial charge in [0.2, 0.25) is 0 Å². The largest absolute Gasteiger partial charge is 0.329 e. The Hall–Kier alpha value is -0.970. The molecule has 2 heterocycles. The molecule has 1 aliphatic heterocycles. The maximum absolute atomic E-state index is 5.97. The Morgan fingerprint density at radius 3 is 2.50 bits per heavy atom. The van der Waals surface area contributed by atoms with Crippen LogP contribution < -0.4 is 5.73 Å². The standard InChI is InChI=1S/C14H24N4/c1-11-9-18(10-12(2)17(11)3)14(8-15)13-6-4-5-7-16-13/h4-7,11-12,14H,8-10,15H2,1-3H3. The first-order valence-corrected chi connectivity index (χ1v) is 6.70. The number of hydrogen-bond donors (Lipinski definition) is 1. The summed E-state index contributed by atoms with van der Waals surface area (Å²) in [5, 5.41) is 0. The van der Waals surface area contributed by atoms with Gasteiger partial charge in [-0.15, -0.1) is 0 Å². The van der Waals surface area contributed by atoms with Crippen LogP contribution in [-0.2, 0) is 0 Å². The highest BCUT2D eigenvalue weighted by molar-refractivity contribution is 5.10. The number of pyridine rings is 1. The maximum atomic E-state index is 5.97. The number of rotatable bonds is 3. The third-order valence-corrected chi connectivity index (χ3v) is 4.08. The molecule has 0 aliphatic carbocycles. The van der Waals surface area contributed by atoms with E-state index in [1.807, 2.05) is 18.3 Å². The van der Waals surface area contributed by atoms with Crippen LogP contribution in [0.1, 0.15) is 25.6 Å². The van der Waals surface area contributed by atoms with Crippen LogP contribution in [0.5, 0.6) is 0 Å². The number of aromatic nitrogens is 1. The van der Waals surface area contributed by atoms with E-state index in [4.69, 9.17) is 5.73 Å². The highest BCUT2D eigenvalue weighted by Crippen LogP contribution is 2.23. The lowest BCUT2D eigenvalue weighted by Crippen LogP contribution is -2.56. The summed E-state index contributed by atoms with van der Waals surface area (Å²) in [5.74, 6) is 0. The van der Waals surface area contributed by atoms with Crippen molar-refractivity contribution in [3.8, 4) is 0 Å². The normalized spacial score (nSPS) is 28.2. The van der Waals surface area contributed by atoms with Gasteiger partial charge >= 0.3 is 0 Å². The summed E-state index contributed by atoms with van der Waals surface area (Å²) in [6, 6.07) is 7.42. The molecule has 0 amide bonds. The Kier molecular flexibility index (Phi) is 4.32. The minimum Gasteiger partial charge on any atom is -0.329 e. The van der Waals surface area contributed by atoms with Crippen LogP contribution in [0.3, 0.4) is 0 Å². The van der Waals surface area contributed by atoms with Gasteiger partial charge in [0, 0.05) is 37.9 Å². The van der Waals surface area contributed by atoms with E-state index in [-0.39, 0.29) is 6.04 Å². The van der Waals surface area contributed by atoms with Gasteiger partial charge in [-0.2, -0.15) is 0 Å². The van der Waals surface area contributed by atoms with E-state index in [2.05, 4.69) is 41.7 Å². The van der Waals surface area contributed by atoms with Crippen LogP contribution in [0, 0.1) is 0 Å². The SMILES string of the molecule is CC1CN(C(CN)c2ccccn2)CC(C)N1C. The number of likely N-dealkylation sites (N-methyl/N-ethyl adjacent to an activating group) is 1. The fraction of sp³-hybridized carbons (Fsp3) is 0.643. The third-order valence-electron chi connectivity index (χ3n) is 4.08. The topological polar surface area (TPSA) is 45.4 Å².